The van der Waals surface area contributed by atoms with E-state index in [1.165, 1.54) is 6.20 Å². The zero-order valence-corrected chi connectivity index (χ0v) is 10.4. The molecule has 1 aromatic rings. The Morgan fingerprint density at radius 2 is 2.17 bits per heavy atom. The van der Waals surface area contributed by atoms with Crippen molar-refractivity contribution in [3.05, 3.63) is 23.8 Å². The Hall–Kier alpha value is -0.121. The van der Waals surface area contributed by atoms with Gasteiger partial charge >= 0.3 is 82.6 Å². The van der Waals surface area contributed by atoms with Crippen LogP contribution >= 0.6 is 0 Å². The molecule has 1 rings (SSSR count). The van der Waals surface area contributed by atoms with Gasteiger partial charge in [0.25, 0.3) is 0 Å². The van der Waals surface area contributed by atoms with E-state index in [4.69, 9.17) is 0 Å². The average Bonchev–Trinajstić information content (AvgIpc) is 1.96. The van der Waals surface area contributed by atoms with E-state index in [2.05, 4.69) is 18.8 Å². The number of nitrogens with zero attached hydrogens (tertiary/aromatic N) is 1. The molecule has 0 N–H and O–H groups in total. The van der Waals surface area contributed by atoms with Crippen LogP contribution in [0, 0.1) is 12.7 Å². The molecule has 1 heterocycles. The normalized spacial score (nSPS) is 10.8. The fourth-order valence-electron chi connectivity index (χ4n) is 0.965. The van der Waals surface area contributed by atoms with Gasteiger partial charge in [0.05, 0.1) is 0 Å². The minimum absolute atomic E-state index is 0.110. The number of aryl methyl sites for hydroxylation is 1. The predicted molar refractivity (Wildman–Crippen MR) is 49.4 cm³/mol. The second kappa shape index (κ2) is 4.21. The third-order valence-corrected chi connectivity index (χ3v) is 5.07. The summed E-state index contributed by atoms with van der Waals surface area (Å²) in [5.41, 5.74) is 0.924. The molecule has 0 spiro atoms. The standard InChI is InChI=1S/C6H5FN.C3H7.Sn/c1-5-2-3-6(7)4-8-5;1-3-2;/h2,4H,1H3;3H,1-2H3;. The summed E-state index contributed by atoms with van der Waals surface area (Å²) in [6.45, 7) is 6.21. The van der Waals surface area contributed by atoms with Crippen molar-refractivity contribution in [2.75, 3.05) is 0 Å². The molecular weight excluding hydrogens is 260 g/mol. The van der Waals surface area contributed by atoms with E-state index in [0.29, 0.717) is 3.93 Å². The van der Waals surface area contributed by atoms with Gasteiger partial charge in [-0.25, -0.2) is 0 Å². The van der Waals surface area contributed by atoms with Crippen molar-refractivity contribution in [3.8, 4) is 0 Å². The number of aromatic nitrogens is 1. The number of hydrogen-bond donors (Lipinski definition) is 0. The van der Waals surface area contributed by atoms with Crippen molar-refractivity contribution >= 4 is 24.7 Å². The molecule has 64 valence electrons. The second-order valence-electron chi connectivity index (χ2n) is 3.10. The maximum atomic E-state index is 13.1. The van der Waals surface area contributed by atoms with Gasteiger partial charge in [0, 0.05) is 0 Å². The summed E-state index contributed by atoms with van der Waals surface area (Å²) >= 11 is -0.717. The van der Waals surface area contributed by atoms with Gasteiger partial charge < -0.3 is 0 Å². The molecule has 1 nitrogen and oxygen atoms in total. The summed E-state index contributed by atoms with van der Waals surface area (Å²) in [5.74, 6) is -0.110. The van der Waals surface area contributed by atoms with Gasteiger partial charge in [0.1, 0.15) is 0 Å². The monoisotopic (exact) mass is 273 g/mol. The Morgan fingerprint density at radius 1 is 1.50 bits per heavy atom. The number of pyridine rings is 1. The Balaban J connectivity index is 2.90. The van der Waals surface area contributed by atoms with E-state index in [9.17, 15) is 4.39 Å². The van der Waals surface area contributed by atoms with Crippen LogP contribution in [-0.4, -0.2) is 26.1 Å². The summed E-state index contributed by atoms with van der Waals surface area (Å²) in [4.78, 5) is 3.90. The molecule has 0 bridgehead atoms. The molecule has 0 unspecified atom stereocenters. The van der Waals surface area contributed by atoms with E-state index in [-0.39, 0.29) is 5.82 Å². The number of rotatable bonds is 2. The van der Waals surface area contributed by atoms with Crippen LogP contribution in [-0.2, 0) is 0 Å². The maximum absolute atomic E-state index is 13.1. The third kappa shape index (κ3) is 2.73. The molecule has 0 aliphatic heterocycles. The molecule has 0 atom stereocenters. The van der Waals surface area contributed by atoms with E-state index < -0.39 is 21.1 Å². The molecule has 0 amide bonds. The molecule has 0 saturated heterocycles. The van der Waals surface area contributed by atoms with Crippen molar-refractivity contribution in [2.24, 2.45) is 0 Å². The first-order valence-electron chi connectivity index (χ1n) is 3.98. The fourth-order valence-corrected chi connectivity index (χ4v) is 4.15. The quantitative estimate of drug-likeness (QED) is 0.746. The molecule has 0 fully saturated rings. The van der Waals surface area contributed by atoms with Gasteiger partial charge in [-0.3, -0.25) is 0 Å². The predicted octanol–water partition coefficient (Wildman–Crippen LogP) is 1.69. The van der Waals surface area contributed by atoms with Crippen molar-refractivity contribution < 1.29 is 4.39 Å². The van der Waals surface area contributed by atoms with Crippen molar-refractivity contribution in [2.45, 2.75) is 24.7 Å². The molecule has 2 radical (unpaired) electrons. The van der Waals surface area contributed by atoms with Gasteiger partial charge in [-0.05, 0) is 0 Å². The fraction of sp³-hybridized carbons (Fsp3) is 0.444. The van der Waals surface area contributed by atoms with Crippen molar-refractivity contribution in [1.29, 1.82) is 0 Å². The summed E-state index contributed by atoms with van der Waals surface area (Å²) in [6.07, 6.45) is 1.34. The minimum atomic E-state index is -0.717. The van der Waals surface area contributed by atoms with E-state index in [0.717, 1.165) is 9.27 Å². The third-order valence-electron chi connectivity index (χ3n) is 1.44. The molecular formula is C9H12FNSn. The first kappa shape index (κ1) is 9.96. The zero-order chi connectivity index (χ0) is 9.14. The van der Waals surface area contributed by atoms with Crippen molar-refractivity contribution in [1.82, 2.24) is 4.98 Å². The number of halogens is 1. The molecule has 0 aliphatic carbocycles. The van der Waals surface area contributed by atoms with Gasteiger partial charge in [0.15, 0.2) is 0 Å². The molecule has 0 aromatic carbocycles. The van der Waals surface area contributed by atoms with Crippen LogP contribution in [0.3, 0.4) is 0 Å². The van der Waals surface area contributed by atoms with Gasteiger partial charge in [0.2, 0.25) is 0 Å². The molecule has 3 heteroatoms. The van der Waals surface area contributed by atoms with Crippen LogP contribution in [0.2, 0.25) is 3.93 Å². The van der Waals surface area contributed by atoms with E-state index in [1.54, 1.807) is 0 Å². The summed E-state index contributed by atoms with van der Waals surface area (Å²) in [7, 11) is 0. The molecule has 0 aliphatic rings. The van der Waals surface area contributed by atoms with E-state index >= 15 is 0 Å². The van der Waals surface area contributed by atoms with Crippen LogP contribution < -0.4 is 3.58 Å². The zero-order valence-electron chi connectivity index (χ0n) is 7.56. The van der Waals surface area contributed by atoms with Crippen LogP contribution in [0.1, 0.15) is 19.5 Å². The summed E-state index contributed by atoms with van der Waals surface area (Å²) in [5, 5.41) is 0. The summed E-state index contributed by atoms with van der Waals surface area (Å²) < 4.78 is 14.7. The Morgan fingerprint density at radius 3 is 2.75 bits per heavy atom. The van der Waals surface area contributed by atoms with Crippen LogP contribution in [0.4, 0.5) is 4.39 Å². The first-order valence-corrected chi connectivity index (χ1v) is 7.06. The van der Waals surface area contributed by atoms with Gasteiger partial charge in [-0.15, -0.1) is 0 Å². The first-order chi connectivity index (χ1) is 5.59. The number of hydrogen-bond acceptors (Lipinski definition) is 1. The van der Waals surface area contributed by atoms with Crippen LogP contribution in [0.15, 0.2) is 12.3 Å². The van der Waals surface area contributed by atoms with Crippen molar-refractivity contribution in [3.63, 3.8) is 0 Å². The Kier molecular flexibility index (Phi) is 3.50. The van der Waals surface area contributed by atoms with Gasteiger partial charge in [-0.2, -0.15) is 0 Å². The van der Waals surface area contributed by atoms with Crippen LogP contribution in [0.25, 0.3) is 0 Å². The molecule has 1 aromatic heterocycles. The molecule has 12 heavy (non-hydrogen) atoms. The van der Waals surface area contributed by atoms with Crippen LogP contribution in [0.5, 0.6) is 0 Å². The average molecular weight is 272 g/mol. The summed E-state index contributed by atoms with van der Waals surface area (Å²) in [6, 6.07) is 1.89. The second-order valence-corrected chi connectivity index (χ2v) is 8.76. The topological polar surface area (TPSA) is 12.9 Å². The molecule has 0 saturated carbocycles. The SMILES string of the molecule is Cc1c[c]([Sn][CH](C)C)c(F)cn1. The van der Waals surface area contributed by atoms with Gasteiger partial charge in [-0.1, -0.05) is 0 Å². The Bertz CT molecular complexity index is 273. The van der Waals surface area contributed by atoms with E-state index in [1.807, 2.05) is 13.0 Å². The Labute approximate surface area is 82.6 Å².